The summed E-state index contributed by atoms with van der Waals surface area (Å²) >= 11 is 0. The van der Waals surface area contributed by atoms with Gasteiger partial charge in [0.25, 0.3) is 5.91 Å². The van der Waals surface area contributed by atoms with Crippen LogP contribution in [0.5, 0.6) is 0 Å². The number of amides is 1. The third kappa shape index (κ3) is 1.97. The summed E-state index contributed by atoms with van der Waals surface area (Å²) in [4.78, 5) is 21.8. The Hall–Kier alpha value is -2.24. The molecule has 0 aliphatic heterocycles. The molecular formula is C12H13N5O. The summed E-state index contributed by atoms with van der Waals surface area (Å²) in [7, 11) is 1.70. The van der Waals surface area contributed by atoms with Gasteiger partial charge in [0.05, 0.1) is 0 Å². The van der Waals surface area contributed by atoms with Gasteiger partial charge in [-0.15, -0.1) is 5.10 Å². The third-order valence-electron chi connectivity index (χ3n) is 3.01. The van der Waals surface area contributed by atoms with Gasteiger partial charge in [0.2, 0.25) is 5.82 Å². The highest BCUT2D eigenvalue weighted by Crippen LogP contribution is 2.37. The quantitative estimate of drug-likeness (QED) is 0.883. The van der Waals surface area contributed by atoms with Crippen molar-refractivity contribution in [3.8, 4) is 0 Å². The fourth-order valence-electron chi connectivity index (χ4n) is 1.74. The molecule has 2 aromatic rings. The largest absolute Gasteiger partial charge is 0.309 e. The number of aromatic nitrogens is 4. The molecule has 0 atom stereocenters. The average molecular weight is 243 g/mol. The van der Waals surface area contributed by atoms with Crippen LogP contribution in [0.15, 0.2) is 24.5 Å². The monoisotopic (exact) mass is 243 g/mol. The maximum absolute atomic E-state index is 12.2. The van der Waals surface area contributed by atoms with E-state index in [-0.39, 0.29) is 11.7 Å². The molecule has 0 spiro atoms. The molecular weight excluding hydrogens is 230 g/mol. The molecule has 18 heavy (non-hydrogen) atoms. The number of pyridine rings is 1. The summed E-state index contributed by atoms with van der Waals surface area (Å²) < 4.78 is 0. The van der Waals surface area contributed by atoms with Gasteiger partial charge in [-0.1, -0.05) is 0 Å². The Labute approximate surface area is 104 Å². The standard InChI is InChI=1S/C12H13N5O/c1-17(9-4-6-13-7-5-9)12(18)11-14-10(15-16-11)8-2-3-8/h4-8H,2-3H2,1H3,(H,14,15,16). The van der Waals surface area contributed by atoms with Gasteiger partial charge in [0, 0.05) is 31.0 Å². The normalized spacial score (nSPS) is 14.5. The molecule has 1 aliphatic rings. The molecule has 3 rings (SSSR count). The lowest BCUT2D eigenvalue weighted by molar-refractivity contribution is 0.0983. The summed E-state index contributed by atoms with van der Waals surface area (Å²) in [6, 6.07) is 3.54. The molecule has 92 valence electrons. The number of aromatic amines is 1. The zero-order valence-electron chi connectivity index (χ0n) is 10.00. The van der Waals surface area contributed by atoms with Crippen molar-refractivity contribution in [3.05, 3.63) is 36.2 Å². The van der Waals surface area contributed by atoms with E-state index in [4.69, 9.17) is 0 Å². The summed E-state index contributed by atoms with van der Waals surface area (Å²) in [5.41, 5.74) is 0.771. The van der Waals surface area contributed by atoms with E-state index in [2.05, 4.69) is 20.2 Å². The first kappa shape index (κ1) is 10.9. The van der Waals surface area contributed by atoms with E-state index in [0.717, 1.165) is 24.4 Å². The molecule has 0 aromatic carbocycles. The molecule has 1 fully saturated rings. The zero-order valence-corrected chi connectivity index (χ0v) is 10.00. The van der Waals surface area contributed by atoms with Crippen LogP contribution >= 0.6 is 0 Å². The third-order valence-corrected chi connectivity index (χ3v) is 3.01. The highest BCUT2D eigenvalue weighted by molar-refractivity contribution is 6.03. The highest BCUT2D eigenvalue weighted by atomic mass is 16.2. The first-order chi connectivity index (χ1) is 8.75. The number of nitrogens with zero attached hydrogens (tertiary/aromatic N) is 4. The summed E-state index contributed by atoms with van der Waals surface area (Å²) in [5.74, 6) is 1.28. The maximum Gasteiger partial charge on any atom is 0.297 e. The lowest BCUT2D eigenvalue weighted by atomic mass is 10.3. The molecule has 6 nitrogen and oxygen atoms in total. The summed E-state index contributed by atoms with van der Waals surface area (Å²) in [6.07, 6.45) is 5.55. The van der Waals surface area contributed by atoms with Gasteiger partial charge in [0.15, 0.2) is 0 Å². The molecule has 0 unspecified atom stereocenters. The van der Waals surface area contributed by atoms with Gasteiger partial charge in [-0.2, -0.15) is 0 Å². The Morgan fingerprint density at radius 2 is 2.11 bits per heavy atom. The molecule has 0 saturated heterocycles. The zero-order chi connectivity index (χ0) is 12.5. The minimum Gasteiger partial charge on any atom is -0.309 e. The van der Waals surface area contributed by atoms with Crippen LogP contribution in [0.25, 0.3) is 0 Å². The first-order valence-electron chi connectivity index (χ1n) is 5.86. The van der Waals surface area contributed by atoms with E-state index in [1.165, 1.54) is 4.90 Å². The number of H-pyrrole nitrogens is 1. The summed E-state index contributed by atoms with van der Waals surface area (Å²) in [5, 5.41) is 6.81. The Balaban J connectivity index is 1.80. The second-order valence-corrected chi connectivity index (χ2v) is 4.39. The predicted octanol–water partition coefficient (Wildman–Crippen LogP) is 1.35. The highest BCUT2D eigenvalue weighted by Gasteiger charge is 2.28. The first-order valence-corrected chi connectivity index (χ1v) is 5.86. The van der Waals surface area contributed by atoms with Gasteiger partial charge < -0.3 is 4.90 Å². The van der Waals surface area contributed by atoms with Crippen LogP contribution in [-0.4, -0.2) is 33.1 Å². The molecule has 1 amide bonds. The van der Waals surface area contributed by atoms with Crippen molar-refractivity contribution in [1.82, 2.24) is 20.2 Å². The van der Waals surface area contributed by atoms with Crippen LogP contribution in [0.3, 0.4) is 0 Å². The predicted molar refractivity (Wildman–Crippen MR) is 65.3 cm³/mol. The molecule has 0 radical (unpaired) electrons. The molecule has 1 saturated carbocycles. The van der Waals surface area contributed by atoms with Crippen LogP contribution in [0.4, 0.5) is 5.69 Å². The van der Waals surface area contributed by atoms with Crippen molar-refractivity contribution < 1.29 is 4.79 Å². The van der Waals surface area contributed by atoms with Crippen LogP contribution in [-0.2, 0) is 0 Å². The van der Waals surface area contributed by atoms with Crippen molar-refractivity contribution in [1.29, 1.82) is 0 Å². The Morgan fingerprint density at radius 3 is 2.78 bits per heavy atom. The fourth-order valence-corrected chi connectivity index (χ4v) is 1.74. The van der Waals surface area contributed by atoms with E-state index in [0.29, 0.717) is 5.92 Å². The lowest BCUT2D eigenvalue weighted by Gasteiger charge is -2.14. The Kier molecular flexibility index (Phi) is 2.55. The van der Waals surface area contributed by atoms with E-state index >= 15 is 0 Å². The van der Waals surface area contributed by atoms with Gasteiger partial charge in [-0.05, 0) is 25.0 Å². The average Bonchev–Trinajstić information content (AvgIpc) is 3.16. The fraction of sp³-hybridized carbons (Fsp3) is 0.333. The molecule has 1 aliphatic carbocycles. The van der Waals surface area contributed by atoms with Crippen LogP contribution in [0.2, 0.25) is 0 Å². The summed E-state index contributed by atoms with van der Waals surface area (Å²) in [6.45, 7) is 0. The van der Waals surface area contributed by atoms with Crippen molar-refractivity contribution >= 4 is 11.6 Å². The van der Waals surface area contributed by atoms with E-state index in [9.17, 15) is 4.79 Å². The number of anilines is 1. The maximum atomic E-state index is 12.2. The minimum absolute atomic E-state index is 0.218. The van der Waals surface area contributed by atoms with Crippen LogP contribution < -0.4 is 4.90 Å². The van der Waals surface area contributed by atoms with Crippen molar-refractivity contribution in [2.24, 2.45) is 0 Å². The number of rotatable bonds is 3. The second-order valence-electron chi connectivity index (χ2n) is 4.39. The Morgan fingerprint density at radius 1 is 1.39 bits per heavy atom. The van der Waals surface area contributed by atoms with Crippen LogP contribution in [0, 0.1) is 0 Å². The molecule has 0 bridgehead atoms. The molecule has 2 aromatic heterocycles. The second kappa shape index (κ2) is 4.21. The van der Waals surface area contributed by atoms with Crippen molar-refractivity contribution in [2.45, 2.75) is 18.8 Å². The number of carbonyl (C=O) groups is 1. The molecule has 6 heteroatoms. The SMILES string of the molecule is CN(C(=O)c1n[nH]c(C2CC2)n1)c1ccncc1. The van der Waals surface area contributed by atoms with Crippen molar-refractivity contribution in [3.63, 3.8) is 0 Å². The number of hydrogen-bond acceptors (Lipinski definition) is 4. The number of hydrogen-bond donors (Lipinski definition) is 1. The topological polar surface area (TPSA) is 74.8 Å². The smallest absolute Gasteiger partial charge is 0.297 e. The van der Waals surface area contributed by atoms with E-state index in [1.807, 2.05) is 0 Å². The van der Waals surface area contributed by atoms with E-state index in [1.54, 1.807) is 31.6 Å². The Bertz CT molecular complexity index is 561. The van der Waals surface area contributed by atoms with Gasteiger partial charge in [0.1, 0.15) is 5.82 Å². The van der Waals surface area contributed by atoms with Gasteiger partial charge in [-0.3, -0.25) is 14.9 Å². The number of carbonyl (C=O) groups excluding carboxylic acids is 1. The number of nitrogens with one attached hydrogen (secondary N) is 1. The van der Waals surface area contributed by atoms with Crippen molar-refractivity contribution in [2.75, 3.05) is 11.9 Å². The minimum atomic E-state index is -0.218. The van der Waals surface area contributed by atoms with Gasteiger partial charge >= 0.3 is 0 Å². The van der Waals surface area contributed by atoms with Crippen LogP contribution in [0.1, 0.15) is 35.2 Å². The van der Waals surface area contributed by atoms with E-state index < -0.39 is 0 Å². The molecule has 2 heterocycles. The van der Waals surface area contributed by atoms with Gasteiger partial charge in [-0.25, -0.2) is 4.98 Å². The lowest BCUT2D eigenvalue weighted by Crippen LogP contribution is -2.27. The molecule has 1 N–H and O–H groups in total.